The maximum atomic E-state index is 9.14. The molecule has 0 bridgehead atoms. The fourth-order valence-corrected chi connectivity index (χ4v) is 3.95. The molecule has 0 radical (unpaired) electrons. The fourth-order valence-electron chi connectivity index (χ4n) is 3.95. The molecule has 0 amide bonds. The van der Waals surface area contributed by atoms with Crippen molar-refractivity contribution in [3.63, 3.8) is 0 Å². The van der Waals surface area contributed by atoms with Gasteiger partial charge in [0.2, 0.25) is 0 Å². The Bertz CT molecular complexity index is 980. The number of nitrogens with one attached hydrogen (secondary N) is 2. The summed E-state index contributed by atoms with van der Waals surface area (Å²) in [5.74, 6) is 0.789. The van der Waals surface area contributed by atoms with Gasteiger partial charge >= 0.3 is 0 Å². The van der Waals surface area contributed by atoms with Gasteiger partial charge in [-0.05, 0) is 95.0 Å². The Morgan fingerprint density at radius 2 is 1.97 bits per heavy atom. The molecule has 0 spiro atoms. The van der Waals surface area contributed by atoms with Gasteiger partial charge in [-0.2, -0.15) is 5.26 Å². The van der Waals surface area contributed by atoms with Crippen LogP contribution in [0.1, 0.15) is 36.1 Å². The summed E-state index contributed by atoms with van der Waals surface area (Å²) < 4.78 is 5.71. The predicted molar refractivity (Wildman–Crippen MR) is 118 cm³/mol. The Morgan fingerprint density at radius 3 is 2.69 bits per heavy atom. The van der Waals surface area contributed by atoms with Crippen molar-refractivity contribution in [1.29, 1.82) is 5.26 Å². The topological polar surface area (TPSA) is 73.9 Å². The summed E-state index contributed by atoms with van der Waals surface area (Å²) >= 11 is 0. The third kappa shape index (κ3) is 5.03. The van der Waals surface area contributed by atoms with Crippen LogP contribution in [0.15, 0.2) is 40.9 Å². The summed E-state index contributed by atoms with van der Waals surface area (Å²) in [7, 11) is 3.75. The molecule has 1 fully saturated rings. The van der Waals surface area contributed by atoms with Gasteiger partial charge in [0.05, 0.1) is 17.3 Å². The zero-order valence-corrected chi connectivity index (χ0v) is 17.6. The van der Waals surface area contributed by atoms with E-state index in [4.69, 9.17) is 9.78 Å². The number of aryl methyl sites for hydroxylation is 2. The number of fused-ring (bicyclic) bond motifs is 1. The highest BCUT2D eigenvalue weighted by Crippen LogP contribution is 2.32. The van der Waals surface area contributed by atoms with Crippen LogP contribution < -0.4 is 10.6 Å². The number of benzene rings is 2. The third-order valence-electron chi connectivity index (χ3n) is 5.51. The minimum Gasteiger partial charge on any atom is -0.356 e. The molecule has 1 saturated heterocycles. The molecule has 1 aliphatic rings. The largest absolute Gasteiger partial charge is 0.356 e. The van der Waals surface area contributed by atoms with Crippen LogP contribution in [0.2, 0.25) is 0 Å². The van der Waals surface area contributed by atoms with Gasteiger partial charge in [-0.25, -0.2) is 0 Å². The van der Waals surface area contributed by atoms with E-state index in [1.54, 1.807) is 0 Å². The number of nitriles is 1. The second kappa shape index (κ2) is 10.2. The highest BCUT2D eigenvalue weighted by Gasteiger charge is 2.17. The van der Waals surface area contributed by atoms with Crippen LogP contribution in [0.25, 0.3) is 22.1 Å². The lowest BCUT2D eigenvalue weighted by Crippen LogP contribution is -2.27. The van der Waals surface area contributed by atoms with E-state index in [2.05, 4.69) is 40.9 Å². The Kier molecular flexibility index (Phi) is 7.40. The standard InChI is InChI=1S/C22H23N3O.C2H7N/c1-15-19(18-4-2-3-17(13-18)14-23)6-7-20-21(25-26-22(15)20)8-5-16-9-11-24-12-10-16;1-3-2/h2-4,6-7,13,16,24H,5,8-12H2,1H3;3H,1-2H3. The summed E-state index contributed by atoms with van der Waals surface area (Å²) in [6.45, 7) is 4.33. The lowest BCUT2D eigenvalue weighted by Gasteiger charge is -2.21. The smallest absolute Gasteiger partial charge is 0.170 e. The summed E-state index contributed by atoms with van der Waals surface area (Å²) in [4.78, 5) is 0. The molecule has 0 saturated carbocycles. The van der Waals surface area contributed by atoms with Crippen LogP contribution in [0.5, 0.6) is 0 Å². The summed E-state index contributed by atoms with van der Waals surface area (Å²) in [5.41, 5.74) is 5.82. The van der Waals surface area contributed by atoms with Gasteiger partial charge in [0.25, 0.3) is 0 Å². The number of hydrogen-bond donors (Lipinski definition) is 2. The maximum absolute atomic E-state index is 9.14. The van der Waals surface area contributed by atoms with Crippen molar-refractivity contribution in [2.75, 3.05) is 27.2 Å². The van der Waals surface area contributed by atoms with Crippen LogP contribution in [0.3, 0.4) is 0 Å². The summed E-state index contributed by atoms with van der Waals surface area (Å²) in [5, 5.41) is 20.8. The number of nitrogens with zero attached hydrogens (tertiary/aromatic N) is 2. The number of rotatable bonds is 4. The SMILES string of the molecule is CNC.Cc1c(-c2cccc(C#N)c2)ccc2c(CCC3CCNCC3)noc12. The van der Waals surface area contributed by atoms with Gasteiger partial charge < -0.3 is 15.2 Å². The predicted octanol–water partition coefficient (Wildman–Crippen LogP) is 4.44. The third-order valence-corrected chi connectivity index (χ3v) is 5.51. The van der Waals surface area contributed by atoms with Crippen molar-refractivity contribution in [2.24, 2.45) is 5.92 Å². The van der Waals surface area contributed by atoms with Crippen molar-refractivity contribution in [1.82, 2.24) is 15.8 Å². The average molecular weight is 391 g/mol. The van der Waals surface area contributed by atoms with Crippen LogP contribution in [0.4, 0.5) is 0 Å². The fraction of sp³-hybridized carbons (Fsp3) is 0.417. The zero-order valence-electron chi connectivity index (χ0n) is 17.6. The molecular weight excluding hydrogens is 360 g/mol. The van der Waals surface area contributed by atoms with Crippen molar-refractivity contribution < 1.29 is 4.52 Å². The van der Waals surface area contributed by atoms with Crippen molar-refractivity contribution in [2.45, 2.75) is 32.6 Å². The summed E-state index contributed by atoms with van der Waals surface area (Å²) in [6, 6.07) is 14.1. The number of aromatic nitrogens is 1. The molecule has 1 aromatic heterocycles. The molecule has 2 heterocycles. The minimum atomic E-state index is 0.669. The van der Waals surface area contributed by atoms with Crippen molar-refractivity contribution in [3.05, 3.63) is 53.2 Å². The van der Waals surface area contributed by atoms with E-state index in [9.17, 15) is 0 Å². The minimum absolute atomic E-state index is 0.669. The molecular formula is C24H30N4O. The molecule has 152 valence electrons. The normalized spacial score (nSPS) is 14.3. The Morgan fingerprint density at radius 1 is 1.21 bits per heavy atom. The van der Waals surface area contributed by atoms with Crippen LogP contribution in [-0.2, 0) is 6.42 Å². The first kappa shape index (κ1) is 21.0. The van der Waals surface area contributed by atoms with Gasteiger partial charge in [-0.3, -0.25) is 0 Å². The van der Waals surface area contributed by atoms with E-state index in [1.165, 1.54) is 19.3 Å². The van der Waals surface area contributed by atoms with E-state index >= 15 is 0 Å². The van der Waals surface area contributed by atoms with Crippen LogP contribution in [-0.4, -0.2) is 32.3 Å². The lowest BCUT2D eigenvalue weighted by molar-refractivity contribution is 0.350. The quantitative estimate of drug-likeness (QED) is 0.689. The molecule has 29 heavy (non-hydrogen) atoms. The number of hydrogen-bond acceptors (Lipinski definition) is 5. The molecule has 0 aliphatic carbocycles. The van der Waals surface area contributed by atoms with Gasteiger partial charge in [0, 0.05) is 10.9 Å². The number of piperidine rings is 1. The lowest BCUT2D eigenvalue weighted by atomic mass is 9.91. The molecule has 2 N–H and O–H groups in total. The van der Waals surface area contributed by atoms with E-state index in [1.807, 2.05) is 38.4 Å². The van der Waals surface area contributed by atoms with Crippen LogP contribution >= 0.6 is 0 Å². The Hall–Kier alpha value is -2.68. The van der Waals surface area contributed by atoms with E-state index < -0.39 is 0 Å². The first-order valence-corrected chi connectivity index (χ1v) is 10.4. The monoisotopic (exact) mass is 390 g/mol. The van der Waals surface area contributed by atoms with E-state index in [-0.39, 0.29) is 0 Å². The molecule has 2 aromatic carbocycles. The second-order valence-corrected chi connectivity index (χ2v) is 7.67. The molecule has 1 aliphatic heterocycles. The molecule has 0 atom stereocenters. The highest BCUT2D eigenvalue weighted by molar-refractivity contribution is 5.89. The first-order valence-electron chi connectivity index (χ1n) is 10.4. The maximum Gasteiger partial charge on any atom is 0.170 e. The molecule has 4 rings (SSSR count). The van der Waals surface area contributed by atoms with Gasteiger partial charge in [0.1, 0.15) is 0 Å². The molecule has 5 heteroatoms. The van der Waals surface area contributed by atoms with Gasteiger partial charge in [-0.15, -0.1) is 0 Å². The molecule has 3 aromatic rings. The van der Waals surface area contributed by atoms with E-state index in [0.29, 0.717) is 5.56 Å². The second-order valence-electron chi connectivity index (χ2n) is 7.67. The summed E-state index contributed by atoms with van der Waals surface area (Å²) in [6.07, 6.45) is 4.66. The molecule has 5 nitrogen and oxygen atoms in total. The van der Waals surface area contributed by atoms with Crippen LogP contribution in [0, 0.1) is 24.2 Å². The Labute approximate surface area is 173 Å². The zero-order chi connectivity index (χ0) is 20.6. The highest BCUT2D eigenvalue weighted by atomic mass is 16.5. The van der Waals surface area contributed by atoms with E-state index in [0.717, 1.165) is 58.8 Å². The van der Waals surface area contributed by atoms with Crippen molar-refractivity contribution >= 4 is 11.0 Å². The van der Waals surface area contributed by atoms with Gasteiger partial charge in [-0.1, -0.05) is 23.4 Å². The molecule has 0 unspecified atom stereocenters. The van der Waals surface area contributed by atoms with Gasteiger partial charge in [0.15, 0.2) is 5.58 Å². The van der Waals surface area contributed by atoms with Crippen molar-refractivity contribution in [3.8, 4) is 17.2 Å². The Balaban J connectivity index is 0.000000755. The average Bonchev–Trinajstić information content (AvgIpc) is 3.18. The first-order chi connectivity index (χ1) is 14.2.